The van der Waals surface area contributed by atoms with E-state index in [9.17, 15) is 14.7 Å². The summed E-state index contributed by atoms with van der Waals surface area (Å²) in [5, 5.41) is 11.5. The summed E-state index contributed by atoms with van der Waals surface area (Å²) in [6.45, 7) is 4.45. The summed E-state index contributed by atoms with van der Waals surface area (Å²) in [7, 11) is 5.49. The lowest BCUT2D eigenvalue weighted by Crippen LogP contribution is -2.32. The predicted molar refractivity (Wildman–Crippen MR) is 117 cm³/mol. The Kier molecular flexibility index (Phi) is 6.58. The number of methoxy groups -OCH3 is 1. The van der Waals surface area contributed by atoms with Crippen LogP contribution in [0.25, 0.3) is 0 Å². The Morgan fingerprint density at radius 1 is 1.27 bits per heavy atom. The Hall–Kier alpha value is -2.71. The zero-order valence-corrected chi connectivity index (χ0v) is 18.7. The van der Waals surface area contributed by atoms with Gasteiger partial charge in [-0.15, -0.1) is 11.3 Å². The van der Waals surface area contributed by atoms with Crippen LogP contribution < -0.4 is 4.90 Å². The van der Waals surface area contributed by atoms with Crippen molar-refractivity contribution in [1.82, 2.24) is 9.88 Å². The lowest BCUT2D eigenvalue weighted by Gasteiger charge is -2.27. The molecule has 0 fully saturated rings. The molecule has 1 unspecified atom stereocenters. The number of hydrogen-bond donors (Lipinski definition) is 1. The van der Waals surface area contributed by atoms with Crippen molar-refractivity contribution in [2.24, 2.45) is 0 Å². The fraction of sp³-hybridized carbons (Fsp3) is 0.409. The van der Waals surface area contributed by atoms with Crippen molar-refractivity contribution in [3.63, 3.8) is 0 Å². The molecule has 1 aromatic carbocycles. The molecule has 30 heavy (non-hydrogen) atoms. The van der Waals surface area contributed by atoms with Crippen LogP contribution in [0, 0.1) is 13.8 Å². The van der Waals surface area contributed by atoms with Gasteiger partial charge in [-0.05, 0) is 38.0 Å². The maximum absolute atomic E-state index is 13.4. The highest BCUT2D eigenvalue weighted by atomic mass is 32.1. The van der Waals surface area contributed by atoms with E-state index in [-0.39, 0.29) is 11.4 Å². The Morgan fingerprint density at radius 2 is 1.93 bits per heavy atom. The second kappa shape index (κ2) is 8.97. The van der Waals surface area contributed by atoms with Crippen LogP contribution in [0.5, 0.6) is 0 Å². The molecule has 0 bridgehead atoms. The number of ketones is 1. The minimum atomic E-state index is -0.653. The maximum Gasteiger partial charge on any atom is 0.290 e. The quantitative estimate of drug-likeness (QED) is 0.511. The summed E-state index contributed by atoms with van der Waals surface area (Å²) in [5.41, 5.74) is 2.50. The number of ether oxygens (including phenoxy) is 1. The van der Waals surface area contributed by atoms with Crippen LogP contribution in [0.4, 0.5) is 5.69 Å². The molecule has 0 saturated heterocycles. The van der Waals surface area contributed by atoms with E-state index in [1.54, 1.807) is 18.9 Å². The first-order chi connectivity index (χ1) is 14.3. The Bertz CT molecular complexity index is 979. The first-order valence-corrected chi connectivity index (χ1v) is 10.6. The zero-order chi connectivity index (χ0) is 22.0. The van der Waals surface area contributed by atoms with E-state index >= 15 is 0 Å². The highest BCUT2D eigenvalue weighted by Gasteiger charge is 2.44. The van der Waals surface area contributed by atoms with Gasteiger partial charge >= 0.3 is 0 Å². The molecule has 1 aliphatic rings. The van der Waals surface area contributed by atoms with Crippen LogP contribution in [0.15, 0.2) is 35.6 Å². The van der Waals surface area contributed by atoms with E-state index < -0.39 is 17.7 Å². The maximum atomic E-state index is 13.4. The minimum absolute atomic E-state index is 0.113. The number of Topliss-reactive ketones (excluding diaryl/α,β-unsaturated/α-hetero) is 1. The number of anilines is 1. The summed E-state index contributed by atoms with van der Waals surface area (Å²) in [4.78, 5) is 34.6. The van der Waals surface area contributed by atoms with Crippen molar-refractivity contribution in [3.8, 4) is 0 Å². The largest absolute Gasteiger partial charge is 0.503 e. The molecular weight excluding hydrogens is 402 g/mol. The fourth-order valence-corrected chi connectivity index (χ4v) is 4.54. The molecule has 8 heteroatoms. The highest BCUT2D eigenvalue weighted by Crippen LogP contribution is 2.40. The molecule has 2 heterocycles. The Balaban J connectivity index is 2.05. The lowest BCUT2D eigenvalue weighted by atomic mass is 9.94. The average molecular weight is 430 g/mol. The summed E-state index contributed by atoms with van der Waals surface area (Å²) in [5.74, 6) is -1.36. The van der Waals surface area contributed by atoms with Crippen LogP contribution in [-0.2, 0) is 9.53 Å². The third kappa shape index (κ3) is 4.11. The predicted octanol–water partition coefficient (Wildman–Crippen LogP) is 3.44. The number of amides is 1. The van der Waals surface area contributed by atoms with Crippen LogP contribution in [0.2, 0.25) is 0 Å². The van der Waals surface area contributed by atoms with Gasteiger partial charge in [0.2, 0.25) is 5.78 Å². The van der Waals surface area contributed by atoms with Gasteiger partial charge in [-0.3, -0.25) is 9.59 Å². The molecular formula is C22H27N3O4S. The van der Waals surface area contributed by atoms with Crippen molar-refractivity contribution in [2.75, 3.05) is 39.3 Å². The molecule has 0 radical (unpaired) electrons. The van der Waals surface area contributed by atoms with Crippen LogP contribution >= 0.6 is 11.3 Å². The van der Waals surface area contributed by atoms with Crippen molar-refractivity contribution in [1.29, 1.82) is 0 Å². The molecule has 1 atom stereocenters. The number of aromatic nitrogens is 1. The van der Waals surface area contributed by atoms with E-state index in [4.69, 9.17) is 4.74 Å². The molecule has 1 N–H and O–H groups in total. The standard InChI is InChI=1S/C22H27N3O4S/c1-13-21(30-14(2)23-13)19(26)17-18(15-7-9-16(10-8-15)24(3)4)25(11-6-12-29-5)22(28)20(17)27/h7-10,18,27H,6,11-12H2,1-5H3. The molecule has 1 amide bonds. The van der Waals surface area contributed by atoms with Gasteiger partial charge in [0.25, 0.3) is 5.91 Å². The number of aliphatic hydroxyl groups excluding tert-OH is 1. The number of rotatable bonds is 8. The van der Waals surface area contributed by atoms with Gasteiger partial charge in [0, 0.05) is 40.0 Å². The lowest BCUT2D eigenvalue weighted by molar-refractivity contribution is -0.129. The number of hydrogen-bond acceptors (Lipinski definition) is 7. The van der Waals surface area contributed by atoms with Gasteiger partial charge in [-0.2, -0.15) is 0 Å². The van der Waals surface area contributed by atoms with Crippen LogP contribution in [-0.4, -0.2) is 61.0 Å². The second-order valence-corrected chi connectivity index (χ2v) is 8.68. The summed E-state index contributed by atoms with van der Waals surface area (Å²) < 4.78 is 5.12. The topological polar surface area (TPSA) is 83.0 Å². The number of benzene rings is 1. The number of carbonyl (C=O) groups is 2. The summed E-state index contributed by atoms with van der Waals surface area (Å²) in [6, 6.07) is 7.01. The van der Waals surface area contributed by atoms with E-state index in [0.29, 0.717) is 30.1 Å². The molecule has 2 aromatic rings. The zero-order valence-electron chi connectivity index (χ0n) is 17.9. The molecule has 1 aromatic heterocycles. The number of aliphatic hydroxyl groups is 1. The summed E-state index contributed by atoms with van der Waals surface area (Å²) in [6.07, 6.45) is 0.599. The van der Waals surface area contributed by atoms with Crippen molar-refractivity contribution in [2.45, 2.75) is 26.3 Å². The second-order valence-electron chi connectivity index (χ2n) is 7.47. The molecule has 0 spiro atoms. The normalized spacial score (nSPS) is 16.5. The Morgan fingerprint density at radius 3 is 2.47 bits per heavy atom. The van der Waals surface area contributed by atoms with Gasteiger partial charge < -0.3 is 19.6 Å². The number of nitrogens with zero attached hydrogens (tertiary/aromatic N) is 3. The summed E-state index contributed by atoms with van der Waals surface area (Å²) >= 11 is 1.28. The average Bonchev–Trinajstić information content (AvgIpc) is 3.18. The van der Waals surface area contributed by atoms with Gasteiger partial charge in [0.05, 0.1) is 27.2 Å². The molecule has 0 aliphatic carbocycles. The van der Waals surface area contributed by atoms with Crippen molar-refractivity contribution in [3.05, 3.63) is 56.7 Å². The van der Waals surface area contributed by atoms with Gasteiger partial charge in [-0.25, -0.2) is 4.98 Å². The van der Waals surface area contributed by atoms with Crippen LogP contribution in [0.1, 0.15) is 38.4 Å². The monoisotopic (exact) mass is 429 g/mol. The minimum Gasteiger partial charge on any atom is -0.503 e. The van der Waals surface area contributed by atoms with E-state index in [0.717, 1.165) is 16.3 Å². The molecule has 3 rings (SSSR count). The van der Waals surface area contributed by atoms with Crippen molar-refractivity contribution < 1.29 is 19.4 Å². The molecule has 7 nitrogen and oxygen atoms in total. The first-order valence-electron chi connectivity index (χ1n) is 9.75. The molecule has 1 aliphatic heterocycles. The number of thiazole rings is 1. The fourth-order valence-electron chi connectivity index (χ4n) is 3.66. The SMILES string of the molecule is COCCCN1C(=O)C(O)=C(C(=O)c2sc(C)nc2C)C1c1ccc(N(C)C)cc1. The van der Waals surface area contributed by atoms with Crippen molar-refractivity contribution >= 4 is 28.7 Å². The van der Waals surface area contributed by atoms with Crippen LogP contribution in [0.3, 0.4) is 0 Å². The number of carbonyl (C=O) groups excluding carboxylic acids is 2. The Labute approximate surface area is 180 Å². The first kappa shape index (κ1) is 22.0. The number of aryl methyl sites for hydroxylation is 2. The van der Waals surface area contributed by atoms with Gasteiger partial charge in [0.15, 0.2) is 5.76 Å². The molecule has 0 saturated carbocycles. The van der Waals surface area contributed by atoms with E-state index in [1.807, 2.05) is 50.2 Å². The van der Waals surface area contributed by atoms with E-state index in [1.165, 1.54) is 11.3 Å². The third-order valence-electron chi connectivity index (χ3n) is 5.13. The highest BCUT2D eigenvalue weighted by molar-refractivity contribution is 7.14. The van der Waals surface area contributed by atoms with E-state index in [2.05, 4.69) is 4.98 Å². The molecule has 160 valence electrons. The third-order valence-corrected chi connectivity index (χ3v) is 6.20. The smallest absolute Gasteiger partial charge is 0.290 e. The van der Waals surface area contributed by atoms with Gasteiger partial charge in [-0.1, -0.05) is 12.1 Å². The van der Waals surface area contributed by atoms with Gasteiger partial charge in [0.1, 0.15) is 0 Å².